The molecule has 1 fully saturated rings. The average Bonchev–Trinajstić information content (AvgIpc) is 3.41. The van der Waals surface area contributed by atoms with E-state index in [1.54, 1.807) is 56.7 Å². The summed E-state index contributed by atoms with van der Waals surface area (Å²) in [6.45, 7) is 0.266. The molecule has 1 N–H and O–H groups in total. The summed E-state index contributed by atoms with van der Waals surface area (Å²) < 4.78 is 11.1. The summed E-state index contributed by atoms with van der Waals surface area (Å²) >= 11 is 4.91. The fourth-order valence-electron chi connectivity index (χ4n) is 3.72. The number of carbonyl (C=O) groups is 2. The van der Waals surface area contributed by atoms with E-state index in [2.05, 4.69) is 15.9 Å². The van der Waals surface area contributed by atoms with Crippen molar-refractivity contribution in [3.8, 4) is 11.5 Å². The summed E-state index contributed by atoms with van der Waals surface area (Å²) in [7, 11) is 3.11. The summed E-state index contributed by atoms with van der Waals surface area (Å²) in [5, 5.41) is 13.1. The van der Waals surface area contributed by atoms with Crippen LogP contribution in [0.2, 0.25) is 0 Å². The van der Waals surface area contributed by atoms with Crippen molar-refractivity contribution < 1.29 is 24.2 Å². The molecule has 8 heteroatoms. The maximum absolute atomic E-state index is 13.1. The smallest absolute Gasteiger partial charge is 0.295 e. The van der Waals surface area contributed by atoms with Crippen LogP contribution in [0.5, 0.6) is 11.5 Å². The molecule has 0 aliphatic carbocycles. The summed E-state index contributed by atoms with van der Waals surface area (Å²) in [4.78, 5) is 28.6. The molecule has 1 aliphatic rings. The highest BCUT2D eigenvalue weighted by molar-refractivity contribution is 9.10. The van der Waals surface area contributed by atoms with Crippen molar-refractivity contribution in [1.82, 2.24) is 4.90 Å². The van der Waals surface area contributed by atoms with Crippen molar-refractivity contribution in [3.63, 3.8) is 0 Å². The number of hydrogen-bond acceptors (Lipinski definition) is 6. The van der Waals surface area contributed by atoms with E-state index in [-0.39, 0.29) is 17.9 Å². The van der Waals surface area contributed by atoms with E-state index in [1.165, 1.54) is 16.2 Å². The molecule has 1 saturated heterocycles. The van der Waals surface area contributed by atoms with Crippen LogP contribution in [0.1, 0.15) is 22.0 Å². The van der Waals surface area contributed by atoms with Gasteiger partial charge in [0.05, 0.1) is 36.9 Å². The van der Waals surface area contributed by atoms with E-state index in [1.807, 2.05) is 17.5 Å². The van der Waals surface area contributed by atoms with E-state index in [0.29, 0.717) is 27.1 Å². The molecule has 2 heterocycles. The highest BCUT2D eigenvalue weighted by Gasteiger charge is 2.46. The van der Waals surface area contributed by atoms with Crippen LogP contribution in [0.4, 0.5) is 0 Å². The summed E-state index contributed by atoms with van der Waals surface area (Å²) in [5.74, 6) is -0.351. The molecule has 4 rings (SSSR count). The van der Waals surface area contributed by atoms with Gasteiger partial charge in [0.1, 0.15) is 17.3 Å². The van der Waals surface area contributed by atoms with Crippen LogP contribution in [0, 0.1) is 0 Å². The second kappa shape index (κ2) is 9.18. The lowest BCUT2D eigenvalue weighted by Crippen LogP contribution is -2.28. The number of rotatable bonds is 6. The van der Waals surface area contributed by atoms with Crippen LogP contribution in [0.15, 0.2) is 70.0 Å². The maximum atomic E-state index is 13.1. The van der Waals surface area contributed by atoms with Crippen molar-refractivity contribution in [2.75, 3.05) is 14.2 Å². The van der Waals surface area contributed by atoms with Gasteiger partial charge in [0, 0.05) is 10.4 Å². The van der Waals surface area contributed by atoms with Gasteiger partial charge in [0.25, 0.3) is 11.7 Å². The molecule has 1 unspecified atom stereocenters. The Morgan fingerprint density at radius 1 is 1.09 bits per heavy atom. The molecule has 0 saturated carbocycles. The van der Waals surface area contributed by atoms with E-state index < -0.39 is 17.7 Å². The largest absolute Gasteiger partial charge is 0.507 e. The summed E-state index contributed by atoms with van der Waals surface area (Å²) in [6.07, 6.45) is 0. The van der Waals surface area contributed by atoms with E-state index in [9.17, 15) is 14.7 Å². The minimum atomic E-state index is -0.733. The lowest BCUT2D eigenvalue weighted by molar-refractivity contribution is -0.140. The van der Waals surface area contributed by atoms with Crippen molar-refractivity contribution >= 4 is 44.7 Å². The van der Waals surface area contributed by atoms with Gasteiger partial charge < -0.3 is 19.5 Å². The molecule has 2 aromatic carbocycles. The summed E-state index contributed by atoms with van der Waals surface area (Å²) in [5.41, 5.74) is 1.16. The van der Waals surface area contributed by atoms with E-state index in [4.69, 9.17) is 9.47 Å². The third-order valence-corrected chi connectivity index (χ3v) is 6.78. The second-order valence-electron chi connectivity index (χ2n) is 7.13. The number of thiophene rings is 1. The van der Waals surface area contributed by atoms with Gasteiger partial charge in [-0.15, -0.1) is 11.3 Å². The highest BCUT2D eigenvalue weighted by Crippen LogP contribution is 2.41. The number of amides is 1. The normalized spacial score (nSPS) is 17.6. The van der Waals surface area contributed by atoms with Gasteiger partial charge in [0.2, 0.25) is 0 Å². The number of Topliss-reactive ketones (excluding diaryl/α,β-unsaturated/α-hetero) is 1. The first-order chi connectivity index (χ1) is 15.4. The molecule has 6 nitrogen and oxygen atoms in total. The number of aliphatic hydroxyl groups is 1. The number of likely N-dealkylation sites (tertiary alicyclic amines) is 1. The molecule has 1 aromatic heterocycles. The zero-order valence-corrected chi connectivity index (χ0v) is 19.8. The third kappa shape index (κ3) is 4.03. The number of methoxy groups -OCH3 is 2. The lowest BCUT2D eigenvalue weighted by atomic mass is 9.95. The Morgan fingerprint density at radius 2 is 1.84 bits per heavy atom. The number of ketones is 1. The second-order valence-corrected chi connectivity index (χ2v) is 9.02. The van der Waals surface area contributed by atoms with Crippen LogP contribution >= 0.6 is 27.3 Å². The van der Waals surface area contributed by atoms with E-state index in [0.717, 1.165) is 4.88 Å². The fraction of sp³-hybridized carbons (Fsp3) is 0.167. The predicted octanol–water partition coefficient (Wildman–Crippen LogP) is 5.15. The van der Waals surface area contributed by atoms with Gasteiger partial charge in [0.15, 0.2) is 0 Å². The van der Waals surface area contributed by atoms with Crippen LogP contribution in [0.25, 0.3) is 5.76 Å². The summed E-state index contributed by atoms with van der Waals surface area (Å²) in [6, 6.07) is 15.2. The van der Waals surface area contributed by atoms with Gasteiger partial charge in [-0.1, -0.05) is 18.2 Å². The number of hydrogen-bond donors (Lipinski definition) is 1. The van der Waals surface area contributed by atoms with Crippen molar-refractivity contribution in [2.45, 2.75) is 12.6 Å². The van der Waals surface area contributed by atoms with Crippen LogP contribution in [0.3, 0.4) is 0 Å². The number of benzene rings is 2. The fourth-order valence-corrected chi connectivity index (χ4v) is 4.96. The van der Waals surface area contributed by atoms with E-state index >= 15 is 0 Å². The molecule has 1 atom stereocenters. The molecular weight excluding hydrogens is 494 g/mol. The first-order valence-electron chi connectivity index (χ1n) is 9.73. The van der Waals surface area contributed by atoms with Gasteiger partial charge in [-0.05, 0) is 63.3 Å². The number of ether oxygens (including phenoxy) is 2. The molecule has 1 aliphatic heterocycles. The first-order valence-corrected chi connectivity index (χ1v) is 11.4. The molecule has 0 spiro atoms. The van der Waals surface area contributed by atoms with Crippen molar-refractivity contribution in [3.05, 3.63) is 86.0 Å². The molecule has 32 heavy (non-hydrogen) atoms. The highest BCUT2D eigenvalue weighted by atomic mass is 79.9. The van der Waals surface area contributed by atoms with Crippen LogP contribution in [-0.4, -0.2) is 35.9 Å². The molecule has 0 radical (unpaired) electrons. The molecule has 3 aromatic rings. The zero-order chi connectivity index (χ0) is 22.8. The Labute approximate surface area is 197 Å². The minimum Gasteiger partial charge on any atom is -0.507 e. The Bertz CT molecular complexity index is 1190. The number of carbonyl (C=O) groups excluding carboxylic acids is 2. The van der Waals surface area contributed by atoms with Gasteiger partial charge >= 0.3 is 0 Å². The molecule has 1 amide bonds. The molecule has 164 valence electrons. The number of nitrogens with zero attached hydrogens (tertiary/aromatic N) is 1. The topological polar surface area (TPSA) is 76.1 Å². The predicted molar refractivity (Wildman–Crippen MR) is 126 cm³/mol. The van der Waals surface area contributed by atoms with Gasteiger partial charge in [-0.2, -0.15) is 0 Å². The quantitative estimate of drug-likeness (QED) is 0.280. The SMILES string of the molecule is COc1ccc(C2/C(=C(/O)c3ccc(OC)c(Br)c3)C(=O)C(=O)N2Cc2cccs2)cc1. The Hall–Kier alpha value is -3.10. The van der Waals surface area contributed by atoms with Crippen molar-refractivity contribution in [1.29, 1.82) is 0 Å². The number of halogens is 1. The van der Waals surface area contributed by atoms with Gasteiger partial charge in [-0.25, -0.2) is 0 Å². The Morgan fingerprint density at radius 3 is 2.44 bits per heavy atom. The molecule has 0 bridgehead atoms. The van der Waals surface area contributed by atoms with Gasteiger partial charge in [-0.3, -0.25) is 9.59 Å². The van der Waals surface area contributed by atoms with Crippen LogP contribution in [-0.2, 0) is 16.1 Å². The Balaban J connectivity index is 1.85. The lowest BCUT2D eigenvalue weighted by Gasteiger charge is -2.25. The van der Waals surface area contributed by atoms with Crippen molar-refractivity contribution in [2.24, 2.45) is 0 Å². The standard InChI is InChI=1S/C24H20BrNO5S/c1-30-16-8-5-14(6-9-16)21-20(22(27)15-7-10-19(31-2)18(25)12-15)23(28)24(29)26(21)13-17-4-3-11-32-17/h3-12,21,27H,13H2,1-2H3/b22-20-. The van der Waals surface area contributed by atoms with Crippen LogP contribution < -0.4 is 9.47 Å². The molecular formula is C24H20BrNO5S. The minimum absolute atomic E-state index is 0.0498. The Kier molecular flexibility index (Phi) is 6.34. The third-order valence-electron chi connectivity index (χ3n) is 5.30. The zero-order valence-electron chi connectivity index (χ0n) is 17.4. The monoisotopic (exact) mass is 513 g/mol. The first kappa shape index (κ1) is 22.1. The number of aliphatic hydroxyl groups excluding tert-OH is 1. The maximum Gasteiger partial charge on any atom is 0.295 e. The average molecular weight is 514 g/mol.